The maximum absolute atomic E-state index is 6.06. The molecule has 0 amide bonds. The molecule has 1 aromatic carbocycles. The first kappa shape index (κ1) is 8.85. The fraction of sp³-hybridized carbons (Fsp3) is 0.455. The first-order chi connectivity index (χ1) is 7.34. The van der Waals surface area contributed by atoms with E-state index >= 15 is 0 Å². The maximum atomic E-state index is 6.06. The zero-order valence-corrected chi connectivity index (χ0v) is 8.36. The summed E-state index contributed by atoms with van der Waals surface area (Å²) >= 11 is 0. The largest absolute Gasteiger partial charge is 0.493 e. The van der Waals surface area contributed by atoms with E-state index in [-0.39, 0.29) is 12.8 Å². The van der Waals surface area contributed by atoms with Crippen LogP contribution in [-0.2, 0) is 0 Å². The van der Waals surface area contributed by atoms with Crippen LogP contribution >= 0.6 is 0 Å². The number of fused-ring (bicyclic) bond motifs is 2. The van der Waals surface area contributed by atoms with E-state index < -0.39 is 0 Å². The van der Waals surface area contributed by atoms with Gasteiger partial charge in [-0.2, -0.15) is 0 Å². The smallest absolute Gasteiger partial charge is 0.231 e. The average molecular weight is 207 g/mol. The third-order valence-corrected chi connectivity index (χ3v) is 2.82. The Hall–Kier alpha value is -1.42. The molecule has 15 heavy (non-hydrogen) atoms. The van der Waals surface area contributed by atoms with E-state index in [4.69, 9.17) is 19.9 Å². The highest BCUT2D eigenvalue weighted by Crippen LogP contribution is 2.41. The predicted octanol–water partition coefficient (Wildman–Crippen LogP) is 1.59. The highest BCUT2D eigenvalue weighted by molar-refractivity contribution is 5.53. The molecule has 0 saturated carbocycles. The van der Waals surface area contributed by atoms with Gasteiger partial charge in [-0.15, -0.1) is 0 Å². The molecule has 80 valence electrons. The third kappa shape index (κ3) is 1.41. The van der Waals surface area contributed by atoms with Crippen LogP contribution in [0, 0.1) is 0 Å². The highest BCUT2D eigenvalue weighted by atomic mass is 16.7. The summed E-state index contributed by atoms with van der Waals surface area (Å²) in [7, 11) is 0. The standard InChI is InChI=1S/C11H13NO3/c12-8-2-1-3-13-9-5-11-10(4-7(8)9)14-6-15-11/h4-5,8H,1-3,6,12H2. The second-order valence-corrected chi connectivity index (χ2v) is 3.84. The minimum atomic E-state index is 0.0389. The topological polar surface area (TPSA) is 53.7 Å². The Kier molecular flexibility index (Phi) is 1.95. The van der Waals surface area contributed by atoms with Crippen molar-refractivity contribution in [2.75, 3.05) is 13.4 Å². The van der Waals surface area contributed by atoms with Crippen molar-refractivity contribution in [3.05, 3.63) is 17.7 Å². The van der Waals surface area contributed by atoms with Gasteiger partial charge in [0, 0.05) is 17.7 Å². The number of hydrogen-bond acceptors (Lipinski definition) is 4. The number of benzene rings is 1. The molecular weight excluding hydrogens is 194 g/mol. The molecule has 1 atom stereocenters. The summed E-state index contributed by atoms with van der Waals surface area (Å²) in [4.78, 5) is 0. The lowest BCUT2D eigenvalue weighted by atomic mass is 10.0. The molecule has 2 aliphatic heterocycles. The van der Waals surface area contributed by atoms with Gasteiger partial charge in [0.25, 0.3) is 0 Å². The van der Waals surface area contributed by atoms with Crippen molar-refractivity contribution in [2.45, 2.75) is 18.9 Å². The van der Waals surface area contributed by atoms with Gasteiger partial charge in [-0.3, -0.25) is 0 Å². The quantitative estimate of drug-likeness (QED) is 0.701. The van der Waals surface area contributed by atoms with Crippen LogP contribution in [0.3, 0.4) is 0 Å². The van der Waals surface area contributed by atoms with Gasteiger partial charge in [0.05, 0.1) is 6.61 Å². The molecule has 0 saturated heterocycles. The lowest BCUT2D eigenvalue weighted by Crippen LogP contribution is -2.08. The van der Waals surface area contributed by atoms with E-state index in [9.17, 15) is 0 Å². The van der Waals surface area contributed by atoms with E-state index in [0.717, 1.165) is 42.3 Å². The van der Waals surface area contributed by atoms with Crippen LogP contribution < -0.4 is 19.9 Å². The molecule has 0 fully saturated rings. The van der Waals surface area contributed by atoms with Gasteiger partial charge < -0.3 is 19.9 Å². The Morgan fingerprint density at radius 1 is 1.07 bits per heavy atom. The zero-order valence-electron chi connectivity index (χ0n) is 8.36. The summed E-state index contributed by atoms with van der Waals surface area (Å²) in [5.41, 5.74) is 7.09. The Morgan fingerprint density at radius 3 is 2.73 bits per heavy atom. The lowest BCUT2D eigenvalue weighted by Gasteiger charge is -2.12. The van der Waals surface area contributed by atoms with Crippen LogP contribution in [0.15, 0.2) is 12.1 Å². The van der Waals surface area contributed by atoms with E-state index in [1.807, 2.05) is 12.1 Å². The van der Waals surface area contributed by atoms with E-state index in [0.29, 0.717) is 0 Å². The fourth-order valence-electron chi connectivity index (χ4n) is 1.99. The van der Waals surface area contributed by atoms with Gasteiger partial charge in [-0.1, -0.05) is 0 Å². The number of nitrogens with two attached hydrogens (primary N) is 1. The average Bonchev–Trinajstić information content (AvgIpc) is 2.62. The lowest BCUT2D eigenvalue weighted by molar-refractivity contribution is 0.173. The molecule has 3 rings (SSSR count). The molecule has 1 aromatic rings. The van der Waals surface area contributed by atoms with Crippen molar-refractivity contribution in [1.82, 2.24) is 0 Å². The summed E-state index contributed by atoms with van der Waals surface area (Å²) in [6, 6.07) is 3.85. The Balaban J connectivity index is 2.09. The molecule has 0 radical (unpaired) electrons. The van der Waals surface area contributed by atoms with Crippen LogP contribution in [0.25, 0.3) is 0 Å². The Labute approximate surface area is 87.9 Å². The van der Waals surface area contributed by atoms with Crippen LogP contribution in [-0.4, -0.2) is 13.4 Å². The third-order valence-electron chi connectivity index (χ3n) is 2.82. The minimum Gasteiger partial charge on any atom is -0.493 e. The molecule has 4 nitrogen and oxygen atoms in total. The van der Waals surface area contributed by atoms with Gasteiger partial charge in [0.15, 0.2) is 11.5 Å². The number of rotatable bonds is 0. The van der Waals surface area contributed by atoms with Crippen molar-refractivity contribution in [3.63, 3.8) is 0 Å². The Bertz CT molecular complexity index is 392. The second-order valence-electron chi connectivity index (χ2n) is 3.84. The molecular formula is C11H13NO3. The van der Waals surface area contributed by atoms with Crippen molar-refractivity contribution >= 4 is 0 Å². The molecule has 2 aliphatic rings. The van der Waals surface area contributed by atoms with E-state index in [1.165, 1.54) is 0 Å². The van der Waals surface area contributed by atoms with Gasteiger partial charge in [-0.05, 0) is 18.9 Å². The van der Waals surface area contributed by atoms with Gasteiger partial charge in [-0.25, -0.2) is 0 Å². The summed E-state index contributed by atoms with van der Waals surface area (Å²) in [6.45, 7) is 1.01. The van der Waals surface area contributed by atoms with Crippen molar-refractivity contribution in [1.29, 1.82) is 0 Å². The second kappa shape index (κ2) is 3.31. The van der Waals surface area contributed by atoms with Gasteiger partial charge in [0.1, 0.15) is 5.75 Å². The highest BCUT2D eigenvalue weighted by Gasteiger charge is 2.22. The Morgan fingerprint density at radius 2 is 1.87 bits per heavy atom. The summed E-state index contributed by atoms with van der Waals surface area (Å²) in [6.07, 6.45) is 1.94. The van der Waals surface area contributed by atoms with Gasteiger partial charge in [0.2, 0.25) is 6.79 Å². The van der Waals surface area contributed by atoms with E-state index in [1.54, 1.807) is 0 Å². The summed E-state index contributed by atoms with van der Waals surface area (Å²) < 4.78 is 16.2. The first-order valence-corrected chi connectivity index (χ1v) is 5.16. The predicted molar refractivity (Wildman–Crippen MR) is 54.2 cm³/mol. The SMILES string of the molecule is NC1CCCOc2cc3c(cc21)OCO3. The van der Waals surface area contributed by atoms with Crippen LogP contribution in [0.4, 0.5) is 0 Å². The molecule has 1 unspecified atom stereocenters. The molecule has 0 bridgehead atoms. The molecule has 2 N–H and O–H groups in total. The molecule has 0 spiro atoms. The van der Waals surface area contributed by atoms with Crippen molar-refractivity contribution in [3.8, 4) is 17.2 Å². The zero-order chi connectivity index (χ0) is 10.3. The fourth-order valence-corrected chi connectivity index (χ4v) is 1.99. The number of ether oxygens (including phenoxy) is 3. The monoisotopic (exact) mass is 207 g/mol. The first-order valence-electron chi connectivity index (χ1n) is 5.16. The van der Waals surface area contributed by atoms with E-state index in [2.05, 4.69) is 0 Å². The van der Waals surface area contributed by atoms with Gasteiger partial charge >= 0.3 is 0 Å². The maximum Gasteiger partial charge on any atom is 0.231 e. The van der Waals surface area contributed by atoms with Crippen molar-refractivity contribution in [2.24, 2.45) is 5.73 Å². The number of hydrogen-bond donors (Lipinski definition) is 1. The van der Waals surface area contributed by atoms with Crippen molar-refractivity contribution < 1.29 is 14.2 Å². The minimum absolute atomic E-state index is 0.0389. The summed E-state index contributed by atoms with van der Waals surface area (Å²) in [5, 5.41) is 0. The normalized spacial score (nSPS) is 22.9. The van der Waals surface area contributed by atoms with Crippen LogP contribution in [0.2, 0.25) is 0 Å². The van der Waals surface area contributed by atoms with Crippen LogP contribution in [0.5, 0.6) is 17.2 Å². The molecule has 0 aliphatic carbocycles. The molecule has 0 aromatic heterocycles. The molecule has 4 heteroatoms. The van der Waals surface area contributed by atoms with Crippen LogP contribution in [0.1, 0.15) is 24.4 Å². The molecule has 2 heterocycles. The summed E-state index contributed by atoms with van der Waals surface area (Å²) in [5.74, 6) is 2.36.